The van der Waals surface area contributed by atoms with Crippen molar-refractivity contribution in [2.24, 2.45) is 0 Å². The Hall–Kier alpha value is -1.88. The maximum atomic E-state index is 11.9. The molecule has 0 radical (unpaired) electrons. The summed E-state index contributed by atoms with van der Waals surface area (Å²) >= 11 is 9.31. The second-order valence-electron chi connectivity index (χ2n) is 5.44. The molecule has 0 aliphatic heterocycles. The molecule has 0 aliphatic rings. The number of thioether (sulfide) groups is 1. The summed E-state index contributed by atoms with van der Waals surface area (Å²) in [6, 6.07) is 23.7. The van der Waals surface area contributed by atoms with Crippen LogP contribution in [0.25, 0.3) is 0 Å². The van der Waals surface area contributed by atoms with Gasteiger partial charge in [-0.2, -0.15) is 0 Å². The van der Waals surface area contributed by atoms with Gasteiger partial charge in [0, 0.05) is 25.5 Å². The molecule has 5 heteroatoms. The van der Waals surface area contributed by atoms with Crippen LogP contribution < -0.4 is 0 Å². The summed E-state index contributed by atoms with van der Waals surface area (Å²) in [5.74, 6) is 0.460. The molecule has 0 N–H and O–H groups in total. The third-order valence-corrected chi connectivity index (χ3v) is 6.19. The first-order valence-electron chi connectivity index (χ1n) is 7.99. The number of hydrogen-bond donors (Lipinski definition) is 0. The average molecular weight is 401 g/mol. The Morgan fingerprint density at radius 3 is 2.31 bits per heavy atom. The Kier molecular flexibility index (Phi) is 6.67. The number of hydrogen-bond acceptors (Lipinski definition) is 4. The molecule has 132 valence electrons. The van der Waals surface area contributed by atoms with Crippen LogP contribution in [0, 0.1) is 0 Å². The van der Waals surface area contributed by atoms with Crippen LogP contribution in [0.1, 0.15) is 15.9 Å². The van der Waals surface area contributed by atoms with Gasteiger partial charge in [0.05, 0.1) is 12.7 Å². The van der Waals surface area contributed by atoms with Crippen LogP contribution in [0.5, 0.6) is 0 Å². The zero-order valence-electron chi connectivity index (χ0n) is 14.1. The van der Waals surface area contributed by atoms with E-state index in [1.165, 1.54) is 17.6 Å². The second-order valence-corrected chi connectivity index (χ2v) is 8.01. The van der Waals surface area contributed by atoms with Crippen molar-refractivity contribution in [3.05, 3.63) is 88.9 Å². The number of rotatable bonds is 6. The Bertz CT molecular complexity index is 895. The van der Waals surface area contributed by atoms with Crippen LogP contribution in [-0.2, 0) is 10.5 Å². The molecule has 0 atom stereocenters. The molecule has 3 aromatic rings. The molecule has 0 saturated heterocycles. The zero-order valence-corrected chi connectivity index (χ0v) is 16.5. The van der Waals surface area contributed by atoms with Crippen molar-refractivity contribution in [1.82, 2.24) is 0 Å². The predicted molar refractivity (Wildman–Crippen MR) is 109 cm³/mol. The molecule has 0 saturated carbocycles. The number of carbonyl (C=O) groups excluding carboxylic acids is 1. The van der Waals surface area contributed by atoms with E-state index in [2.05, 4.69) is 12.1 Å². The minimum atomic E-state index is -0.308. The van der Waals surface area contributed by atoms with Crippen LogP contribution in [0.15, 0.2) is 87.5 Å². The summed E-state index contributed by atoms with van der Waals surface area (Å²) in [4.78, 5) is 15.2. The summed E-state index contributed by atoms with van der Waals surface area (Å²) in [5.41, 5.74) is 1.82. The molecule has 3 aromatic carbocycles. The highest BCUT2D eigenvalue weighted by atomic mass is 35.5. The van der Waals surface area contributed by atoms with Crippen molar-refractivity contribution in [3.63, 3.8) is 0 Å². The minimum Gasteiger partial charge on any atom is -0.465 e. The first kappa shape index (κ1) is 18.9. The number of ether oxygens (including phenoxy) is 1. The van der Waals surface area contributed by atoms with Gasteiger partial charge < -0.3 is 4.74 Å². The fourth-order valence-electron chi connectivity index (χ4n) is 2.38. The van der Waals surface area contributed by atoms with Crippen molar-refractivity contribution >= 4 is 41.1 Å². The monoisotopic (exact) mass is 400 g/mol. The van der Waals surface area contributed by atoms with E-state index in [9.17, 15) is 4.79 Å². The van der Waals surface area contributed by atoms with Gasteiger partial charge in [-0.1, -0.05) is 53.7 Å². The summed E-state index contributed by atoms with van der Waals surface area (Å²) in [6.45, 7) is 0. The Labute approximate surface area is 166 Å². The van der Waals surface area contributed by atoms with Crippen molar-refractivity contribution in [2.75, 3.05) is 7.11 Å². The van der Waals surface area contributed by atoms with E-state index >= 15 is 0 Å². The van der Waals surface area contributed by atoms with Gasteiger partial charge in [0.25, 0.3) is 0 Å². The molecule has 0 heterocycles. The van der Waals surface area contributed by atoms with E-state index in [0.29, 0.717) is 5.56 Å². The lowest BCUT2D eigenvalue weighted by atomic mass is 10.2. The Balaban J connectivity index is 1.77. The van der Waals surface area contributed by atoms with Gasteiger partial charge in [-0.25, -0.2) is 4.79 Å². The van der Waals surface area contributed by atoms with Gasteiger partial charge in [0.2, 0.25) is 0 Å². The maximum absolute atomic E-state index is 11.9. The van der Waals surface area contributed by atoms with Crippen LogP contribution in [0.2, 0.25) is 5.02 Å². The number of benzene rings is 3. The van der Waals surface area contributed by atoms with Crippen LogP contribution in [-0.4, -0.2) is 13.1 Å². The number of methoxy groups -OCH3 is 1. The molecule has 0 aliphatic carbocycles. The quantitative estimate of drug-likeness (QED) is 0.345. The van der Waals surface area contributed by atoms with Gasteiger partial charge in [-0.3, -0.25) is 0 Å². The number of halogens is 1. The van der Waals surface area contributed by atoms with E-state index < -0.39 is 0 Å². The van der Waals surface area contributed by atoms with Crippen molar-refractivity contribution in [3.8, 4) is 0 Å². The topological polar surface area (TPSA) is 26.3 Å². The van der Waals surface area contributed by atoms with Crippen molar-refractivity contribution in [2.45, 2.75) is 20.4 Å². The smallest absolute Gasteiger partial charge is 0.338 e. The van der Waals surface area contributed by atoms with E-state index in [0.717, 1.165) is 20.6 Å². The fourth-order valence-corrected chi connectivity index (χ4v) is 4.58. The molecule has 0 amide bonds. The molecule has 26 heavy (non-hydrogen) atoms. The lowest BCUT2D eigenvalue weighted by molar-refractivity contribution is 0.0597. The SMILES string of the molecule is COC(=O)c1ccccc1SCc1ccccc1Sc1ccc(Cl)cc1. The van der Waals surface area contributed by atoms with Gasteiger partial charge in [-0.05, 0) is 48.0 Å². The van der Waals surface area contributed by atoms with Gasteiger partial charge in [-0.15, -0.1) is 11.8 Å². The number of carbonyl (C=O) groups is 1. The molecular formula is C21H17ClO2S2. The van der Waals surface area contributed by atoms with Crippen LogP contribution in [0.4, 0.5) is 0 Å². The normalized spacial score (nSPS) is 10.5. The van der Waals surface area contributed by atoms with Gasteiger partial charge in [0.1, 0.15) is 0 Å². The summed E-state index contributed by atoms with van der Waals surface area (Å²) in [5, 5.41) is 0.734. The van der Waals surface area contributed by atoms with Gasteiger partial charge in [0.15, 0.2) is 0 Å². The summed E-state index contributed by atoms with van der Waals surface area (Å²) in [6.07, 6.45) is 0. The molecule has 0 spiro atoms. The first-order valence-corrected chi connectivity index (χ1v) is 10.2. The average Bonchev–Trinajstić information content (AvgIpc) is 2.68. The highest BCUT2D eigenvalue weighted by Crippen LogP contribution is 2.35. The molecule has 2 nitrogen and oxygen atoms in total. The van der Waals surface area contributed by atoms with Crippen molar-refractivity contribution < 1.29 is 9.53 Å². The molecule has 0 bridgehead atoms. The van der Waals surface area contributed by atoms with E-state index in [-0.39, 0.29) is 5.97 Å². The summed E-state index contributed by atoms with van der Waals surface area (Å²) < 4.78 is 4.87. The van der Waals surface area contributed by atoms with E-state index in [1.807, 2.05) is 54.6 Å². The lowest BCUT2D eigenvalue weighted by Gasteiger charge is -2.11. The molecule has 3 rings (SSSR count). The largest absolute Gasteiger partial charge is 0.465 e. The minimum absolute atomic E-state index is 0.308. The summed E-state index contributed by atoms with van der Waals surface area (Å²) in [7, 11) is 1.40. The van der Waals surface area contributed by atoms with E-state index in [4.69, 9.17) is 16.3 Å². The Morgan fingerprint density at radius 2 is 1.58 bits per heavy atom. The maximum Gasteiger partial charge on any atom is 0.338 e. The van der Waals surface area contributed by atoms with Gasteiger partial charge >= 0.3 is 5.97 Å². The highest BCUT2D eigenvalue weighted by Gasteiger charge is 2.12. The molecule has 0 fully saturated rings. The van der Waals surface area contributed by atoms with E-state index in [1.54, 1.807) is 29.6 Å². The highest BCUT2D eigenvalue weighted by molar-refractivity contribution is 8.00. The molecule has 0 unspecified atom stereocenters. The zero-order chi connectivity index (χ0) is 18.4. The van der Waals surface area contributed by atoms with Crippen LogP contribution >= 0.6 is 35.1 Å². The molecule has 0 aromatic heterocycles. The standard InChI is InChI=1S/C21H17ClO2S2/c1-24-21(23)18-7-3-5-9-20(18)25-14-15-6-2-4-8-19(15)26-17-12-10-16(22)11-13-17/h2-13H,14H2,1H3. The Morgan fingerprint density at radius 1 is 0.923 bits per heavy atom. The van der Waals surface area contributed by atoms with Crippen molar-refractivity contribution in [1.29, 1.82) is 0 Å². The molecular weight excluding hydrogens is 384 g/mol. The third-order valence-electron chi connectivity index (χ3n) is 3.69. The lowest BCUT2D eigenvalue weighted by Crippen LogP contribution is -2.02. The van der Waals surface area contributed by atoms with Crippen LogP contribution in [0.3, 0.4) is 0 Å². The fraction of sp³-hybridized carbons (Fsp3) is 0.0952. The first-order chi connectivity index (χ1) is 12.7. The predicted octanol–water partition coefficient (Wildman–Crippen LogP) is 6.57. The number of esters is 1. The second kappa shape index (κ2) is 9.17. The third kappa shape index (κ3) is 4.85.